The third kappa shape index (κ3) is 2.47. The smallest absolute Gasteiger partial charge is 0.246 e. The molecule has 4 atom stereocenters. The molecule has 3 fully saturated rings. The van der Waals surface area contributed by atoms with Crippen molar-refractivity contribution in [1.82, 2.24) is 9.80 Å². The lowest BCUT2D eigenvalue weighted by Gasteiger charge is -2.49. The molecule has 3 rings (SSSR count). The molecule has 0 aromatic carbocycles. The first-order valence-electron chi connectivity index (χ1n) is 8.63. The third-order valence-electron chi connectivity index (χ3n) is 5.56. The third-order valence-corrected chi connectivity index (χ3v) is 5.56. The molecule has 0 spiro atoms. The predicted molar refractivity (Wildman–Crippen MR) is 81.6 cm³/mol. The lowest BCUT2D eigenvalue weighted by atomic mass is 9.83. The maximum Gasteiger partial charge on any atom is 0.246 e. The molecule has 3 aliphatic rings. The number of hydrogen-bond donors (Lipinski definition) is 0. The summed E-state index contributed by atoms with van der Waals surface area (Å²) in [6, 6.07) is -0.118. The first-order chi connectivity index (χ1) is 10.0. The number of hydrogen-bond acceptors (Lipinski definition) is 2. The van der Waals surface area contributed by atoms with Crippen molar-refractivity contribution in [2.75, 3.05) is 6.54 Å². The number of nitrogens with zero attached hydrogens (tertiary/aromatic N) is 2. The fourth-order valence-corrected chi connectivity index (χ4v) is 4.55. The summed E-state index contributed by atoms with van der Waals surface area (Å²) in [6.07, 6.45) is 6.40. The summed E-state index contributed by atoms with van der Waals surface area (Å²) in [6.45, 7) is 7.19. The van der Waals surface area contributed by atoms with E-state index in [4.69, 9.17) is 0 Å². The van der Waals surface area contributed by atoms with Crippen LogP contribution in [0.4, 0.5) is 0 Å². The first-order valence-corrected chi connectivity index (χ1v) is 8.63. The van der Waals surface area contributed by atoms with Gasteiger partial charge < -0.3 is 9.80 Å². The van der Waals surface area contributed by atoms with Crippen LogP contribution in [0.1, 0.15) is 59.3 Å². The van der Waals surface area contributed by atoms with E-state index in [0.717, 1.165) is 32.2 Å². The number of amides is 2. The van der Waals surface area contributed by atoms with Gasteiger partial charge in [-0.1, -0.05) is 33.6 Å². The SMILES string of the molecule is CC1CCCC(N2C(=O)C3CCCN3C(=O)C2C(C)C)C1. The Hall–Kier alpha value is -1.06. The van der Waals surface area contributed by atoms with Crippen molar-refractivity contribution in [2.45, 2.75) is 77.4 Å². The Morgan fingerprint density at radius 1 is 1.05 bits per heavy atom. The largest absolute Gasteiger partial charge is 0.329 e. The predicted octanol–water partition coefficient (Wildman–Crippen LogP) is 2.42. The van der Waals surface area contributed by atoms with Crippen molar-refractivity contribution in [2.24, 2.45) is 11.8 Å². The van der Waals surface area contributed by atoms with Gasteiger partial charge in [0, 0.05) is 12.6 Å². The van der Waals surface area contributed by atoms with E-state index in [1.807, 2.05) is 9.80 Å². The minimum atomic E-state index is -0.234. The van der Waals surface area contributed by atoms with E-state index in [0.29, 0.717) is 5.92 Å². The monoisotopic (exact) mass is 292 g/mol. The van der Waals surface area contributed by atoms with Crippen LogP contribution in [0.3, 0.4) is 0 Å². The van der Waals surface area contributed by atoms with Crippen LogP contribution in [-0.4, -0.2) is 46.3 Å². The summed E-state index contributed by atoms with van der Waals surface area (Å²) in [5, 5.41) is 0. The molecule has 1 saturated carbocycles. The minimum absolute atomic E-state index is 0.162. The quantitative estimate of drug-likeness (QED) is 0.784. The van der Waals surface area contributed by atoms with E-state index in [9.17, 15) is 9.59 Å². The number of carbonyl (C=O) groups excluding carboxylic acids is 2. The van der Waals surface area contributed by atoms with Gasteiger partial charge in [-0.15, -0.1) is 0 Å². The Labute approximate surface area is 127 Å². The van der Waals surface area contributed by atoms with Crippen LogP contribution >= 0.6 is 0 Å². The first kappa shape index (κ1) is 14.9. The Kier molecular flexibility index (Phi) is 3.98. The van der Waals surface area contributed by atoms with Crippen LogP contribution in [0.2, 0.25) is 0 Å². The molecular formula is C17H28N2O2. The van der Waals surface area contributed by atoms with Crippen LogP contribution in [0, 0.1) is 11.8 Å². The van der Waals surface area contributed by atoms with Crippen LogP contribution in [0.5, 0.6) is 0 Å². The van der Waals surface area contributed by atoms with Gasteiger partial charge in [-0.2, -0.15) is 0 Å². The maximum absolute atomic E-state index is 13.0. The Morgan fingerprint density at radius 2 is 1.81 bits per heavy atom. The van der Waals surface area contributed by atoms with Gasteiger partial charge in [-0.05, 0) is 37.5 Å². The van der Waals surface area contributed by atoms with Crippen LogP contribution < -0.4 is 0 Å². The molecule has 1 aliphatic carbocycles. The molecule has 0 radical (unpaired) electrons. The summed E-state index contributed by atoms with van der Waals surface area (Å²) < 4.78 is 0. The van der Waals surface area contributed by atoms with Gasteiger partial charge >= 0.3 is 0 Å². The average Bonchev–Trinajstić information content (AvgIpc) is 2.92. The maximum atomic E-state index is 13.0. The summed E-state index contributed by atoms with van der Waals surface area (Å²) in [7, 11) is 0. The van der Waals surface area contributed by atoms with Gasteiger partial charge in [0.1, 0.15) is 12.1 Å². The molecule has 4 nitrogen and oxygen atoms in total. The van der Waals surface area contributed by atoms with E-state index in [1.165, 1.54) is 12.8 Å². The number of piperazine rings is 1. The molecule has 0 N–H and O–H groups in total. The summed E-state index contributed by atoms with van der Waals surface area (Å²) in [5.41, 5.74) is 0. The lowest BCUT2D eigenvalue weighted by molar-refractivity contribution is -0.165. The minimum Gasteiger partial charge on any atom is -0.329 e. The molecular weight excluding hydrogens is 264 g/mol. The summed E-state index contributed by atoms with van der Waals surface area (Å²) >= 11 is 0. The second kappa shape index (κ2) is 5.62. The Bertz CT molecular complexity index is 435. The normalized spacial score (nSPS) is 37.3. The Balaban J connectivity index is 1.90. The van der Waals surface area contributed by atoms with Gasteiger partial charge in [-0.25, -0.2) is 0 Å². The van der Waals surface area contributed by atoms with Crippen molar-refractivity contribution < 1.29 is 9.59 Å². The van der Waals surface area contributed by atoms with Crippen molar-refractivity contribution in [3.63, 3.8) is 0 Å². The fraction of sp³-hybridized carbons (Fsp3) is 0.882. The molecule has 2 heterocycles. The van der Waals surface area contributed by atoms with E-state index >= 15 is 0 Å². The number of rotatable bonds is 2. The molecule has 2 aliphatic heterocycles. The zero-order chi connectivity index (χ0) is 15.1. The summed E-state index contributed by atoms with van der Waals surface area (Å²) in [4.78, 5) is 29.7. The zero-order valence-electron chi connectivity index (χ0n) is 13.5. The van der Waals surface area contributed by atoms with Crippen LogP contribution in [0.15, 0.2) is 0 Å². The molecule has 0 aromatic heterocycles. The van der Waals surface area contributed by atoms with Crippen molar-refractivity contribution in [3.8, 4) is 0 Å². The molecule has 118 valence electrons. The van der Waals surface area contributed by atoms with Gasteiger partial charge in [0.2, 0.25) is 11.8 Å². The van der Waals surface area contributed by atoms with Crippen molar-refractivity contribution in [3.05, 3.63) is 0 Å². The van der Waals surface area contributed by atoms with E-state index in [2.05, 4.69) is 20.8 Å². The van der Waals surface area contributed by atoms with E-state index in [-0.39, 0.29) is 35.9 Å². The van der Waals surface area contributed by atoms with Crippen molar-refractivity contribution >= 4 is 11.8 Å². The highest BCUT2D eigenvalue weighted by molar-refractivity contribution is 5.97. The van der Waals surface area contributed by atoms with Gasteiger partial charge in [-0.3, -0.25) is 9.59 Å². The average molecular weight is 292 g/mol. The highest BCUT2D eigenvalue weighted by atomic mass is 16.2. The number of carbonyl (C=O) groups is 2. The summed E-state index contributed by atoms with van der Waals surface area (Å²) in [5.74, 6) is 1.29. The molecule has 0 bridgehead atoms. The van der Waals surface area contributed by atoms with Crippen LogP contribution in [-0.2, 0) is 9.59 Å². The molecule has 21 heavy (non-hydrogen) atoms. The number of fused-ring (bicyclic) bond motifs is 1. The molecule has 2 saturated heterocycles. The standard InChI is InChI=1S/C17H28N2O2/c1-11(2)15-17(21)18-9-5-8-14(18)16(20)19(15)13-7-4-6-12(3)10-13/h11-15H,4-10H2,1-3H3. The highest BCUT2D eigenvalue weighted by Gasteiger charge is 2.50. The zero-order valence-corrected chi connectivity index (χ0v) is 13.5. The van der Waals surface area contributed by atoms with Crippen LogP contribution in [0.25, 0.3) is 0 Å². The lowest BCUT2D eigenvalue weighted by Crippen LogP contribution is -2.67. The highest BCUT2D eigenvalue weighted by Crippen LogP contribution is 2.36. The second-order valence-electron chi connectivity index (χ2n) is 7.55. The molecule has 4 unspecified atom stereocenters. The van der Waals surface area contributed by atoms with Gasteiger partial charge in [0.15, 0.2) is 0 Å². The fourth-order valence-electron chi connectivity index (χ4n) is 4.55. The Morgan fingerprint density at radius 3 is 2.48 bits per heavy atom. The molecule has 4 heteroatoms. The van der Waals surface area contributed by atoms with E-state index in [1.54, 1.807) is 0 Å². The van der Waals surface area contributed by atoms with Gasteiger partial charge in [0.25, 0.3) is 0 Å². The topological polar surface area (TPSA) is 40.6 Å². The molecule has 0 aromatic rings. The molecule has 2 amide bonds. The second-order valence-corrected chi connectivity index (χ2v) is 7.55. The van der Waals surface area contributed by atoms with Crippen molar-refractivity contribution in [1.29, 1.82) is 0 Å². The van der Waals surface area contributed by atoms with E-state index < -0.39 is 0 Å². The van der Waals surface area contributed by atoms with Gasteiger partial charge in [0.05, 0.1) is 0 Å².